The van der Waals surface area contributed by atoms with E-state index in [0.717, 1.165) is 4.88 Å². The summed E-state index contributed by atoms with van der Waals surface area (Å²) in [4.78, 5) is 19.3. The van der Waals surface area contributed by atoms with Crippen molar-refractivity contribution in [2.24, 2.45) is 4.99 Å². The monoisotopic (exact) mass is 410 g/mol. The van der Waals surface area contributed by atoms with Crippen LogP contribution >= 0.6 is 23.1 Å². The van der Waals surface area contributed by atoms with Gasteiger partial charge >= 0.3 is 0 Å². The van der Waals surface area contributed by atoms with E-state index in [1.165, 1.54) is 35.2 Å². The lowest BCUT2D eigenvalue weighted by Crippen LogP contribution is -2.37. The Labute approximate surface area is 158 Å². The number of thiophene rings is 1. The normalized spacial score (nSPS) is 25.6. The van der Waals surface area contributed by atoms with Crippen LogP contribution in [0.5, 0.6) is 0 Å². The number of halogens is 1. The smallest absolute Gasteiger partial charge is 0.253 e. The summed E-state index contributed by atoms with van der Waals surface area (Å²) in [5, 5.41) is 2.22. The summed E-state index contributed by atoms with van der Waals surface area (Å²) in [5.41, 5.74) is 0.645. The second kappa shape index (κ2) is 6.79. The number of benzene rings is 1. The molecule has 136 valence electrons. The van der Waals surface area contributed by atoms with Gasteiger partial charge < -0.3 is 4.90 Å². The van der Waals surface area contributed by atoms with Gasteiger partial charge in [-0.05, 0) is 35.7 Å². The number of sulfone groups is 1. The minimum Gasteiger partial charge on any atom is -0.316 e. The molecule has 0 bridgehead atoms. The molecular weight excluding hydrogens is 395 g/mol. The Morgan fingerprint density at radius 3 is 2.69 bits per heavy atom. The molecule has 2 unspecified atom stereocenters. The number of amidine groups is 1. The van der Waals surface area contributed by atoms with E-state index in [9.17, 15) is 17.6 Å². The molecule has 2 aliphatic heterocycles. The third-order valence-corrected chi connectivity index (χ3v) is 8.38. The number of hydrogen-bond acceptors (Lipinski definition) is 5. The fraction of sp³-hybridized carbons (Fsp3) is 0.294. The van der Waals surface area contributed by atoms with E-state index < -0.39 is 9.84 Å². The number of carbonyl (C=O) groups excluding carboxylic acids is 1. The molecule has 0 N–H and O–H groups in total. The zero-order valence-corrected chi connectivity index (χ0v) is 16.0. The maximum atomic E-state index is 13.3. The van der Waals surface area contributed by atoms with Gasteiger partial charge in [0.05, 0.1) is 24.0 Å². The van der Waals surface area contributed by atoms with E-state index in [1.54, 1.807) is 17.0 Å². The maximum absolute atomic E-state index is 13.3. The summed E-state index contributed by atoms with van der Waals surface area (Å²) >= 11 is 2.81. The van der Waals surface area contributed by atoms with Gasteiger partial charge in [-0.1, -0.05) is 17.8 Å². The van der Waals surface area contributed by atoms with Crippen molar-refractivity contribution in [3.63, 3.8) is 0 Å². The predicted molar refractivity (Wildman–Crippen MR) is 103 cm³/mol. The zero-order valence-electron chi connectivity index (χ0n) is 13.5. The Bertz CT molecular complexity index is 956. The van der Waals surface area contributed by atoms with E-state index in [4.69, 9.17) is 0 Å². The quantitative estimate of drug-likeness (QED) is 0.778. The lowest BCUT2D eigenvalue weighted by atomic mass is 10.2. The molecule has 2 aliphatic rings. The molecule has 26 heavy (non-hydrogen) atoms. The van der Waals surface area contributed by atoms with Crippen molar-refractivity contribution in [2.75, 3.05) is 16.4 Å². The molecule has 1 amide bonds. The molecule has 0 radical (unpaired) electrons. The molecule has 3 heterocycles. The van der Waals surface area contributed by atoms with Gasteiger partial charge in [0.15, 0.2) is 15.0 Å². The summed E-state index contributed by atoms with van der Waals surface area (Å²) < 4.78 is 37.3. The van der Waals surface area contributed by atoms with Crippen LogP contribution in [-0.2, 0) is 21.1 Å². The van der Waals surface area contributed by atoms with Gasteiger partial charge in [0.2, 0.25) is 0 Å². The Morgan fingerprint density at radius 1 is 1.23 bits per heavy atom. The minimum absolute atomic E-state index is 0.0141. The van der Waals surface area contributed by atoms with E-state index in [0.29, 0.717) is 10.9 Å². The zero-order chi connectivity index (χ0) is 18.3. The largest absolute Gasteiger partial charge is 0.316 e. The number of hydrogen-bond donors (Lipinski definition) is 0. The molecule has 0 spiro atoms. The van der Waals surface area contributed by atoms with Gasteiger partial charge in [-0.2, -0.15) is 4.99 Å². The molecule has 4 rings (SSSR count). The van der Waals surface area contributed by atoms with Crippen LogP contribution in [0.15, 0.2) is 46.8 Å². The first-order valence-electron chi connectivity index (χ1n) is 7.97. The number of carbonyl (C=O) groups is 1. The first-order chi connectivity index (χ1) is 12.4. The van der Waals surface area contributed by atoms with Crippen LogP contribution in [0.2, 0.25) is 0 Å². The van der Waals surface area contributed by atoms with Crippen LogP contribution in [0.3, 0.4) is 0 Å². The van der Waals surface area contributed by atoms with Gasteiger partial charge in [-0.25, -0.2) is 12.8 Å². The number of amides is 1. The van der Waals surface area contributed by atoms with Crippen LogP contribution in [0.1, 0.15) is 4.88 Å². The highest BCUT2D eigenvalue weighted by Crippen LogP contribution is 2.41. The van der Waals surface area contributed by atoms with Gasteiger partial charge in [0, 0.05) is 15.8 Å². The summed E-state index contributed by atoms with van der Waals surface area (Å²) in [7, 11) is -3.12. The molecule has 1 aromatic carbocycles. The first kappa shape index (κ1) is 17.7. The van der Waals surface area contributed by atoms with E-state index in [2.05, 4.69) is 4.99 Å². The Morgan fingerprint density at radius 2 is 2.00 bits per heavy atom. The second-order valence-corrected chi connectivity index (χ2v) is 10.6. The number of thioether (sulfide) groups is 1. The number of aliphatic imine (C=N–C) groups is 1. The van der Waals surface area contributed by atoms with Crippen molar-refractivity contribution in [3.05, 3.63) is 52.5 Å². The van der Waals surface area contributed by atoms with E-state index >= 15 is 0 Å². The minimum atomic E-state index is -3.12. The highest BCUT2D eigenvalue weighted by atomic mass is 32.2. The number of nitrogens with zero attached hydrogens (tertiary/aromatic N) is 2. The molecule has 2 saturated heterocycles. The molecule has 5 nitrogen and oxygen atoms in total. The van der Waals surface area contributed by atoms with Gasteiger partial charge in [0.1, 0.15) is 5.82 Å². The third kappa shape index (κ3) is 3.56. The van der Waals surface area contributed by atoms with Crippen LogP contribution in [-0.4, -0.2) is 42.3 Å². The average molecular weight is 411 g/mol. The summed E-state index contributed by atoms with van der Waals surface area (Å²) in [6.45, 7) is 0. The average Bonchev–Trinajstić information content (AvgIpc) is 3.23. The first-order valence-corrected chi connectivity index (χ1v) is 11.6. The highest BCUT2D eigenvalue weighted by Gasteiger charge is 2.49. The number of fused-ring (bicyclic) bond motifs is 1. The van der Waals surface area contributed by atoms with Crippen LogP contribution in [0.4, 0.5) is 10.1 Å². The predicted octanol–water partition coefficient (Wildman–Crippen LogP) is 2.73. The van der Waals surface area contributed by atoms with Crippen LogP contribution in [0, 0.1) is 5.82 Å². The number of anilines is 1. The van der Waals surface area contributed by atoms with Gasteiger partial charge in [-0.3, -0.25) is 4.79 Å². The van der Waals surface area contributed by atoms with Crippen molar-refractivity contribution in [1.29, 1.82) is 0 Å². The van der Waals surface area contributed by atoms with Crippen molar-refractivity contribution < 1.29 is 17.6 Å². The Kier molecular flexibility index (Phi) is 4.62. The van der Waals surface area contributed by atoms with Crippen molar-refractivity contribution >= 4 is 49.7 Å². The molecule has 1 aromatic heterocycles. The molecule has 2 atom stereocenters. The van der Waals surface area contributed by atoms with E-state index in [-0.39, 0.29) is 40.9 Å². The Hall–Kier alpha value is -1.71. The second-order valence-electron chi connectivity index (χ2n) is 6.19. The summed E-state index contributed by atoms with van der Waals surface area (Å²) in [6.07, 6.45) is 0.215. The molecule has 9 heteroatoms. The lowest BCUT2D eigenvalue weighted by Gasteiger charge is -2.24. The summed E-state index contributed by atoms with van der Waals surface area (Å²) in [5.74, 6) is -0.563. The lowest BCUT2D eigenvalue weighted by molar-refractivity contribution is -0.117. The standard InChI is InChI=1S/C17H15FN2O3S3/c18-11-3-5-12(6-4-11)20-14-9-26(22,23)10-15(14)25-17(20)19-16(21)8-13-2-1-7-24-13/h1-7,14-15H,8-10H2. The molecular formula is C17H15FN2O3S3. The SMILES string of the molecule is O=C(Cc1cccs1)N=C1SC2CS(=O)(=O)CC2N1c1ccc(F)cc1. The fourth-order valence-corrected chi connectivity index (χ4v) is 7.80. The maximum Gasteiger partial charge on any atom is 0.253 e. The molecule has 0 saturated carbocycles. The molecule has 2 aromatic rings. The topological polar surface area (TPSA) is 66.8 Å². The van der Waals surface area contributed by atoms with Gasteiger partial charge in [-0.15, -0.1) is 11.3 Å². The fourth-order valence-electron chi connectivity index (χ4n) is 3.18. The molecule has 2 fully saturated rings. The van der Waals surface area contributed by atoms with Crippen molar-refractivity contribution in [1.82, 2.24) is 0 Å². The Balaban J connectivity index is 1.65. The van der Waals surface area contributed by atoms with Crippen LogP contribution < -0.4 is 4.90 Å². The highest BCUT2D eigenvalue weighted by molar-refractivity contribution is 8.16. The van der Waals surface area contributed by atoms with Crippen molar-refractivity contribution in [3.8, 4) is 0 Å². The third-order valence-electron chi connectivity index (χ3n) is 4.30. The van der Waals surface area contributed by atoms with Crippen molar-refractivity contribution in [2.45, 2.75) is 17.7 Å². The van der Waals surface area contributed by atoms with Crippen LogP contribution in [0.25, 0.3) is 0 Å². The molecule has 0 aliphatic carbocycles. The van der Waals surface area contributed by atoms with Gasteiger partial charge in [0.25, 0.3) is 5.91 Å². The number of rotatable bonds is 3. The van der Waals surface area contributed by atoms with E-state index in [1.807, 2.05) is 17.5 Å². The summed E-state index contributed by atoms with van der Waals surface area (Å²) in [6, 6.07) is 9.28.